The Labute approximate surface area is 123 Å². The monoisotopic (exact) mass is 324 g/mol. The molecule has 0 atom stereocenters. The number of amides is 1. The van der Waals surface area contributed by atoms with Gasteiger partial charge >= 0.3 is 0 Å². The van der Waals surface area contributed by atoms with Gasteiger partial charge in [-0.05, 0) is 56.9 Å². The van der Waals surface area contributed by atoms with Crippen molar-refractivity contribution >= 4 is 27.5 Å². The molecular weight excluding hydrogens is 304 g/mol. The average Bonchev–Trinajstić information content (AvgIpc) is 2.50. The van der Waals surface area contributed by atoms with Gasteiger partial charge in [-0.3, -0.25) is 4.79 Å². The highest BCUT2D eigenvalue weighted by atomic mass is 79.9. The van der Waals surface area contributed by atoms with Gasteiger partial charge in [0.25, 0.3) is 0 Å². The highest BCUT2D eigenvalue weighted by Gasteiger charge is 2.18. The van der Waals surface area contributed by atoms with Crippen LogP contribution in [0, 0.1) is 0 Å². The number of anilines is 1. The van der Waals surface area contributed by atoms with Crippen LogP contribution in [0.5, 0.6) is 0 Å². The summed E-state index contributed by atoms with van der Waals surface area (Å²) >= 11 is 3.52. The lowest BCUT2D eigenvalue weighted by atomic mass is 10.1. The van der Waals surface area contributed by atoms with Crippen molar-refractivity contribution in [2.45, 2.75) is 39.2 Å². The number of carbonyl (C=O) groups is 1. The molecule has 1 heterocycles. The van der Waals surface area contributed by atoms with E-state index in [4.69, 9.17) is 0 Å². The molecule has 0 radical (unpaired) electrons. The van der Waals surface area contributed by atoms with Crippen LogP contribution >= 0.6 is 15.9 Å². The molecule has 2 rings (SSSR count). The summed E-state index contributed by atoms with van der Waals surface area (Å²) in [5.41, 5.74) is 2.55. The predicted molar refractivity (Wildman–Crippen MR) is 82.6 cm³/mol. The summed E-state index contributed by atoms with van der Waals surface area (Å²) < 4.78 is 1.11. The number of nitrogens with one attached hydrogen (secondary N) is 1. The third-order valence-corrected chi connectivity index (χ3v) is 3.78. The number of nitrogens with zero attached hydrogens (tertiary/aromatic N) is 1. The fourth-order valence-corrected chi connectivity index (χ4v) is 2.92. The first-order valence-electron chi connectivity index (χ1n) is 6.89. The molecular formula is C15H21BrN2O. The smallest absolute Gasteiger partial charge is 0.239 e. The van der Waals surface area contributed by atoms with Crippen LogP contribution in [0.2, 0.25) is 0 Å². The van der Waals surface area contributed by atoms with Gasteiger partial charge in [-0.25, -0.2) is 0 Å². The molecule has 19 heavy (non-hydrogen) atoms. The van der Waals surface area contributed by atoms with E-state index in [0.717, 1.165) is 23.9 Å². The maximum atomic E-state index is 11.9. The van der Waals surface area contributed by atoms with Crippen LogP contribution in [-0.4, -0.2) is 25.0 Å². The summed E-state index contributed by atoms with van der Waals surface area (Å²) in [4.78, 5) is 14.1. The number of rotatable bonds is 3. The van der Waals surface area contributed by atoms with Gasteiger partial charge in [0.05, 0.1) is 6.54 Å². The summed E-state index contributed by atoms with van der Waals surface area (Å²) in [7, 11) is 0. The lowest BCUT2D eigenvalue weighted by Gasteiger charge is -2.25. The van der Waals surface area contributed by atoms with Gasteiger partial charge in [0.15, 0.2) is 0 Å². The number of halogens is 1. The molecule has 1 aromatic carbocycles. The van der Waals surface area contributed by atoms with E-state index < -0.39 is 0 Å². The minimum atomic E-state index is 0.103. The molecule has 0 bridgehead atoms. The quantitative estimate of drug-likeness (QED) is 0.926. The summed E-state index contributed by atoms with van der Waals surface area (Å²) in [6, 6.07) is 6.54. The first-order valence-corrected chi connectivity index (χ1v) is 7.68. The van der Waals surface area contributed by atoms with Crippen LogP contribution in [0.15, 0.2) is 22.7 Å². The van der Waals surface area contributed by atoms with Crippen molar-refractivity contribution in [1.29, 1.82) is 0 Å². The Balaban J connectivity index is 2.15. The lowest BCUT2D eigenvalue weighted by molar-refractivity contribution is -0.120. The molecule has 0 unspecified atom stereocenters. The third kappa shape index (κ3) is 3.96. The van der Waals surface area contributed by atoms with E-state index in [1.165, 1.54) is 17.7 Å². The Morgan fingerprint density at radius 2 is 2.21 bits per heavy atom. The van der Waals surface area contributed by atoms with Gasteiger partial charge in [-0.2, -0.15) is 0 Å². The maximum absolute atomic E-state index is 11.9. The molecule has 104 valence electrons. The molecule has 1 aliphatic heterocycles. The van der Waals surface area contributed by atoms with Crippen LogP contribution < -0.4 is 10.2 Å². The summed E-state index contributed by atoms with van der Waals surface area (Å²) in [6.07, 6.45) is 3.42. The Morgan fingerprint density at radius 3 is 2.95 bits per heavy atom. The Kier molecular flexibility index (Phi) is 4.86. The standard InChI is InChI=1S/C15H21BrN2O/c1-11(2)17-15(19)10-18-8-4-3-5-12-9-13(16)6-7-14(12)18/h6-7,9,11H,3-5,8,10H2,1-2H3,(H,17,19). The van der Waals surface area contributed by atoms with E-state index in [1.807, 2.05) is 13.8 Å². The lowest BCUT2D eigenvalue weighted by Crippen LogP contribution is -2.40. The van der Waals surface area contributed by atoms with Gasteiger partial charge in [0.1, 0.15) is 0 Å². The van der Waals surface area contributed by atoms with Crippen LogP contribution in [0.25, 0.3) is 0 Å². The molecule has 1 N–H and O–H groups in total. The normalized spacial score (nSPS) is 15.1. The zero-order chi connectivity index (χ0) is 13.8. The van der Waals surface area contributed by atoms with Gasteiger partial charge < -0.3 is 10.2 Å². The number of carbonyl (C=O) groups excluding carboxylic acids is 1. The van der Waals surface area contributed by atoms with Crippen molar-refractivity contribution in [2.75, 3.05) is 18.0 Å². The fourth-order valence-electron chi connectivity index (χ4n) is 2.51. The largest absolute Gasteiger partial charge is 0.362 e. The van der Waals surface area contributed by atoms with Crippen molar-refractivity contribution in [3.8, 4) is 0 Å². The number of hydrogen-bond donors (Lipinski definition) is 1. The topological polar surface area (TPSA) is 32.3 Å². The zero-order valence-corrected chi connectivity index (χ0v) is 13.2. The second-order valence-corrected chi connectivity index (χ2v) is 6.29. The van der Waals surface area contributed by atoms with Crippen LogP contribution in [-0.2, 0) is 11.2 Å². The van der Waals surface area contributed by atoms with Crippen LogP contribution in [0.3, 0.4) is 0 Å². The first-order chi connectivity index (χ1) is 9.06. The number of fused-ring (bicyclic) bond motifs is 1. The van der Waals surface area contributed by atoms with Crippen LogP contribution in [0.4, 0.5) is 5.69 Å². The minimum absolute atomic E-state index is 0.103. The van der Waals surface area contributed by atoms with Gasteiger partial charge in [-0.15, -0.1) is 0 Å². The number of hydrogen-bond acceptors (Lipinski definition) is 2. The number of benzene rings is 1. The maximum Gasteiger partial charge on any atom is 0.239 e. The van der Waals surface area contributed by atoms with Crippen molar-refractivity contribution in [3.05, 3.63) is 28.2 Å². The molecule has 0 aliphatic carbocycles. The summed E-state index contributed by atoms with van der Waals surface area (Å²) in [5.74, 6) is 0.103. The second-order valence-electron chi connectivity index (χ2n) is 5.37. The van der Waals surface area contributed by atoms with Crippen molar-refractivity contribution in [1.82, 2.24) is 5.32 Å². The van der Waals surface area contributed by atoms with Crippen molar-refractivity contribution in [2.24, 2.45) is 0 Å². The molecule has 4 heteroatoms. The minimum Gasteiger partial charge on any atom is -0.362 e. The fraction of sp³-hybridized carbons (Fsp3) is 0.533. The van der Waals surface area contributed by atoms with Crippen molar-refractivity contribution in [3.63, 3.8) is 0 Å². The Hall–Kier alpha value is -1.03. The second kappa shape index (κ2) is 6.42. The van der Waals surface area contributed by atoms with E-state index in [9.17, 15) is 4.79 Å². The Bertz CT molecular complexity index is 459. The van der Waals surface area contributed by atoms with E-state index >= 15 is 0 Å². The van der Waals surface area contributed by atoms with E-state index in [1.54, 1.807) is 0 Å². The molecule has 0 saturated carbocycles. The predicted octanol–water partition coefficient (Wildman–Crippen LogP) is 3.12. The van der Waals surface area contributed by atoms with E-state index in [0.29, 0.717) is 6.54 Å². The van der Waals surface area contributed by atoms with E-state index in [2.05, 4.69) is 44.3 Å². The summed E-state index contributed by atoms with van der Waals surface area (Å²) in [5, 5.41) is 2.96. The van der Waals surface area contributed by atoms with Gasteiger partial charge in [0, 0.05) is 22.7 Å². The third-order valence-electron chi connectivity index (χ3n) is 3.29. The molecule has 0 spiro atoms. The van der Waals surface area contributed by atoms with Crippen LogP contribution in [0.1, 0.15) is 32.3 Å². The molecule has 1 aromatic rings. The molecule has 0 fully saturated rings. The van der Waals surface area contributed by atoms with Gasteiger partial charge in [-0.1, -0.05) is 15.9 Å². The van der Waals surface area contributed by atoms with Gasteiger partial charge in [0.2, 0.25) is 5.91 Å². The Morgan fingerprint density at radius 1 is 1.42 bits per heavy atom. The SMILES string of the molecule is CC(C)NC(=O)CN1CCCCc2cc(Br)ccc21. The van der Waals surface area contributed by atoms with Crippen molar-refractivity contribution < 1.29 is 4.79 Å². The zero-order valence-electron chi connectivity index (χ0n) is 11.6. The molecule has 0 saturated heterocycles. The first kappa shape index (κ1) is 14.4. The highest BCUT2D eigenvalue weighted by Crippen LogP contribution is 2.28. The molecule has 1 aliphatic rings. The summed E-state index contributed by atoms with van der Waals surface area (Å²) in [6.45, 7) is 5.39. The number of aryl methyl sites for hydroxylation is 1. The molecule has 0 aromatic heterocycles. The molecule has 3 nitrogen and oxygen atoms in total. The highest BCUT2D eigenvalue weighted by molar-refractivity contribution is 9.10. The molecule has 1 amide bonds. The van der Waals surface area contributed by atoms with E-state index in [-0.39, 0.29) is 11.9 Å². The average molecular weight is 325 g/mol.